The van der Waals surface area contributed by atoms with Crippen LogP contribution in [0.25, 0.3) is 10.9 Å². The van der Waals surface area contributed by atoms with Crippen LogP contribution >= 0.6 is 0 Å². The molecule has 1 N–H and O–H groups in total. The van der Waals surface area contributed by atoms with Gasteiger partial charge in [0.2, 0.25) is 5.91 Å². The highest BCUT2D eigenvalue weighted by Gasteiger charge is 2.20. The first-order chi connectivity index (χ1) is 16.5. The molecule has 0 saturated heterocycles. The van der Waals surface area contributed by atoms with Gasteiger partial charge < -0.3 is 15.0 Å². The number of fused-ring (bicyclic) bond motifs is 2. The molecule has 2 aromatic carbocycles. The largest absolute Gasteiger partial charge is 0.495 e. The monoisotopic (exact) mass is 462 g/mol. The molecule has 8 nitrogen and oxygen atoms in total. The molecule has 4 rings (SSSR count). The molecule has 1 aromatic heterocycles. The zero-order valence-electron chi connectivity index (χ0n) is 19.7. The number of carbonyl (C=O) groups excluding carboxylic acids is 2. The van der Waals surface area contributed by atoms with E-state index in [1.165, 1.54) is 12.0 Å². The highest BCUT2D eigenvalue weighted by Crippen LogP contribution is 2.23. The van der Waals surface area contributed by atoms with Gasteiger partial charge in [-0.3, -0.25) is 19.0 Å². The molecule has 34 heavy (non-hydrogen) atoms. The number of amides is 2. The van der Waals surface area contributed by atoms with Crippen LogP contribution in [-0.2, 0) is 17.8 Å². The van der Waals surface area contributed by atoms with Crippen LogP contribution in [0, 0.1) is 0 Å². The number of benzene rings is 2. The van der Waals surface area contributed by atoms with E-state index >= 15 is 0 Å². The molecule has 8 heteroatoms. The Labute approximate surface area is 198 Å². The fourth-order valence-corrected chi connectivity index (χ4v) is 4.35. The number of aryl methyl sites for hydroxylation is 1. The Hall–Kier alpha value is -3.68. The summed E-state index contributed by atoms with van der Waals surface area (Å²) in [6.07, 6.45) is 4.98. The second-order valence-electron chi connectivity index (χ2n) is 8.45. The zero-order chi connectivity index (χ0) is 24.1. The highest BCUT2D eigenvalue weighted by atomic mass is 16.5. The van der Waals surface area contributed by atoms with Crippen LogP contribution in [0.2, 0.25) is 0 Å². The Morgan fingerprint density at radius 2 is 1.91 bits per heavy atom. The van der Waals surface area contributed by atoms with Crippen LogP contribution in [0.5, 0.6) is 5.75 Å². The summed E-state index contributed by atoms with van der Waals surface area (Å²) in [6.45, 7) is 2.76. The minimum absolute atomic E-state index is 0.0515. The van der Waals surface area contributed by atoms with E-state index in [1.807, 2.05) is 13.0 Å². The molecule has 3 aromatic rings. The third kappa shape index (κ3) is 4.95. The molecule has 0 aliphatic carbocycles. The summed E-state index contributed by atoms with van der Waals surface area (Å²) in [5, 5.41) is 3.31. The highest BCUT2D eigenvalue weighted by molar-refractivity contribution is 6.01. The van der Waals surface area contributed by atoms with E-state index < -0.39 is 0 Å². The van der Waals surface area contributed by atoms with Crippen molar-refractivity contribution in [3.8, 4) is 5.75 Å². The maximum Gasteiger partial charge on any atom is 0.261 e. The second kappa shape index (κ2) is 10.5. The smallest absolute Gasteiger partial charge is 0.261 e. The second-order valence-corrected chi connectivity index (χ2v) is 8.45. The lowest BCUT2D eigenvalue weighted by molar-refractivity contribution is -0.116. The molecule has 1 aliphatic rings. The van der Waals surface area contributed by atoms with Crippen molar-refractivity contribution in [2.75, 3.05) is 25.5 Å². The number of hydrogen-bond acceptors (Lipinski definition) is 5. The molecule has 0 spiro atoms. The predicted molar refractivity (Wildman–Crippen MR) is 131 cm³/mol. The lowest BCUT2D eigenvalue weighted by atomic mass is 10.1. The van der Waals surface area contributed by atoms with E-state index in [0.29, 0.717) is 41.0 Å². The minimum Gasteiger partial charge on any atom is -0.495 e. The molecule has 0 fully saturated rings. The molecule has 0 radical (unpaired) electrons. The molecular weight excluding hydrogens is 432 g/mol. The van der Waals surface area contributed by atoms with Crippen molar-refractivity contribution in [3.05, 3.63) is 64.2 Å². The third-order valence-corrected chi connectivity index (χ3v) is 6.20. The average Bonchev–Trinajstić information content (AvgIpc) is 2.83. The van der Waals surface area contributed by atoms with E-state index in [9.17, 15) is 14.4 Å². The Kier molecular flexibility index (Phi) is 7.25. The fourth-order valence-electron chi connectivity index (χ4n) is 4.35. The van der Waals surface area contributed by atoms with Crippen LogP contribution in [0.4, 0.5) is 5.69 Å². The summed E-state index contributed by atoms with van der Waals surface area (Å²) >= 11 is 0. The third-order valence-electron chi connectivity index (χ3n) is 6.20. The van der Waals surface area contributed by atoms with Gasteiger partial charge in [-0.05, 0) is 50.1 Å². The number of anilines is 1. The van der Waals surface area contributed by atoms with Gasteiger partial charge >= 0.3 is 0 Å². The lowest BCUT2D eigenvalue weighted by Gasteiger charge is -2.21. The summed E-state index contributed by atoms with van der Waals surface area (Å²) in [5.74, 6) is 0.726. The molecule has 2 amide bonds. The molecule has 0 atom stereocenters. The van der Waals surface area contributed by atoms with E-state index in [2.05, 4.69) is 5.32 Å². The number of hydrogen-bond donors (Lipinski definition) is 1. The minimum atomic E-state index is -0.321. The number of aromatic nitrogens is 2. The Morgan fingerprint density at radius 3 is 2.71 bits per heavy atom. The number of nitrogens with one attached hydrogen (secondary N) is 1. The maximum atomic E-state index is 13.2. The first-order valence-electron chi connectivity index (χ1n) is 11.8. The van der Waals surface area contributed by atoms with Crippen LogP contribution in [0.15, 0.2) is 47.3 Å². The number of ether oxygens (including phenoxy) is 1. The number of carbonyl (C=O) groups is 2. The van der Waals surface area contributed by atoms with Gasteiger partial charge in [-0.1, -0.05) is 25.0 Å². The number of rotatable bonds is 6. The van der Waals surface area contributed by atoms with E-state index in [1.54, 1.807) is 41.0 Å². The quantitative estimate of drug-likeness (QED) is 0.604. The van der Waals surface area contributed by atoms with Crippen molar-refractivity contribution < 1.29 is 14.3 Å². The normalized spacial score (nSPS) is 13.5. The number of likely N-dealkylation sites (N-methyl/N-ethyl adjacent to an activating group) is 1. The van der Waals surface area contributed by atoms with Crippen molar-refractivity contribution in [1.82, 2.24) is 14.5 Å². The van der Waals surface area contributed by atoms with Gasteiger partial charge in [-0.2, -0.15) is 0 Å². The predicted octanol–water partition coefficient (Wildman–Crippen LogP) is 3.62. The van der Waals surface area contributed by atoms with Crippen LogP contribution in [0.3, 0.4) is 0 Å². The Bertz CT molecular complexity index is 1270. The molecule has 0 saturated carbocycles. The molecule has 0 unspecified atom stereocenters. The summed E-state index contributed by atoms with van der Waals surface area (Å²) in [5.41, 5.74) is 1.43. The molecule has 2 heterocycles. The number of nitrogens with zero attached hydrogens (tertiary/aromatic N) is 3. The number of methoxy groups -OCH3 is 1. The number of para-hydroxylation sites is 2. The zero-order valence-corrected chi connectivity index (χ0v) is 19.7. The Balaban J connectivity index is 1.56. The van der Waals surface area contributed by atoms with Crippen molar-refractivity contribution in [2.24, 2.45) is 0 Å². The summed E-state index contributed by atoms with van der Waals surface area (Å²) in [4.78, 5) is 45.1. The average molecular weight is 463 g/mol. The van der Waals surface area contributed by atoms with Gasteiger partial charge in [0.15, 0.2) is 0 Å². The van der Waals surface area contributed by atoms with Crippen molar-refractivity contribution in [2.45, 2.75) is 45.6 Å². The standard InChI is InChI=1S/C26H30N4O4/c1-3-29(17-24(31)28-20-10-7-8-11-22(20)34-2)25(32)18-13-14-19-21(16-18)27-23-12-6-4-5-9-15-30(23)26(19)33/h7-8,10-11,13-14,16H,3-6,9,12,15,17H2,1-2H3,(H,28,31). The van der Waals surface area contributed by atoms with Crippen molar-refractivity contribution >= 4 is 28.4 Å². The van der Waals surface area contributed by atoms with E-state index in [0.717, 1.165) is 37.9 Å². The van der Waals surface area contributed by atoms with E-state index in [4.69, 9.17) is 9.72 Å². The lowest BCUT2D eigenvalue weighted by Crippen LogP contribution is -2.38. The van der Waals surface area contributed by atoms with Crippen LogP contribution < -0.4 is 15.6 Å². The van der Waals surface area contributed by atoms with Gasteiger partial charge in [0.1, 0.15) is 18.1 Å². The van der Waals surface area contributed by atoms with Gasteiger partial charge in [0.25, 0.3) is 11.5 Å². The molecule has 178 valence electrons. The van der Waals surface area contributed by atoms with Gasteiger partial charge in [-0.25, -0.2) is 4.98 Å². The van der Waals surface area contributed by atoms with Crippen LogP contribution in [0.1, 0.15) is 48.8 Å². The summed E-state index contributed by atoms with van der Waals surface area (Å²) in [6, 6.07) is 12.1. The fraction of sp³-hybridized carbons (Fsp3) is 0.385. The van der Waals surface area contributed by atoms with E-state index in [-0.39, 0.29) is 23.9 Å². The van der Waals surface area contributed by atoms with Crippen LogP contribution in [-0.4, -0.2) is 46.5 Å². The Morgan fingerprint density at radius 1 is 1.12 bits per heavy atom. The first kappa shape index (κ1) is 23.5. The molecular formula is C26H30N4O4. The van der Waals surface area contributed by atoms with Crippen molar-refractivity contribution in [1.29, 1.82) is 0 Å². The summed E-state index contributed by atoms with van der Waals surface area (Å²) < 4.78 is 7.05. The molecule has 0 bridgehead atoms. The van der Waals surface area contributed by atoms with Gasteiger partial charge in [-0.15, -0.1) is 0 Å². The maximum absolute atomic E-state index is 13.2. The van der Waals surface area contributed by atoms with Gasteiger partial charge in [0.05, 0.1) is 23.7 Å². The first-order valence-corrected chi connectivity index (χ1v) is 11.8. The molecule has 1 aliphatic heterocycles. The van der Waals surface area contributed by atoms with Gasteiger partial charge in [0, 0.05) is 25.1 Å². The van der Waals surface area contributed by atoms with Crippen molar-refractivity contribution in [3.63, 3.8) is 0 Å². The topological polar surface area (TPSA) is 93.5 Å². The SMILES string of the molecule is CCN(CC(=O)Nc1ccccc1OC)C(=O)c1ccc2c(=O)n3c(nc2c1)CCCCCC3. The summed E-state index contributed by atoms with van der Waals surface area (Å²) in [7, 11) is 1.53.